The predicted molar refractivity (Wildman–Crippen MR) is 77.3 cm³/mol. The second kappa shape index (κ2) is 5.81. The normalized spacial score (nSPS) is 12.6. The van der Waals surface area contributed by atoms with E-state index in [1.54, 1.807) is 6.92 Å². The number of nitrogens with one attached hydrogen (secondary N) is 2. The van der Waals surface area contributed by atoms with Gasteiger partial charge in [0.1, 0.15) is 11.8 Å². The largest absolute Gasteiger partial charge is 0.508 e. The quantitative estimate of drug-likeness (QED) is 0.489. The van der Waals surface area contributed by atoms with Crippen LogP contribution in [0.15, 0.2) is 18.2 Å². The zero-order chi connectivity index (χ0) is 15.5. The van der Waals surface area contributed by atoms with Gasteiger partial charge < -0.3 is 21.5 Å². The van der Waals surface area contributed by atoms with E-state index < -0.39 is 11.9 Å². The number of hydrogen-bond acceptors (Lipinski definition) is 4. The Morgan fingerprint density at radius 3 is 2.45 bits per heavy atom. The van der Waals surface area contributed by atoms with Crippen molar-refractivity contribution in [2.24, 2.45) is 0 Å². The molecule has 0 bridgehead atoms. The minimum atomic E-state index is -0.705. The molecule has 2 amide bonds. The highest BCUT2D eigenvalue weighted by Crippen LogP contribution is 2.18. The second-order valence-corrected chi connectivity index (χ2v) is 5.71. The summed E-state index contributed by atoms with van der Waals surface area (Å²) >= 11 is 0. The lowest BCUT2D eigenvalue weighted by Crippen LogP contribution is -2.50. The Labute approximate surface area is 118 Å². The van der Waals surface area contributed by atoms with E-state index in [1.807, 2.05) is 20.8 Å². The third kappa shape index (κ3) is 4.46. The SMILES string of the molecule is CC(NC(=O)c1cc(O)ccc1N)C(=O)NC(C)(C)C. The number of anilines is 1. The number of aromatic hydroxyl groups is 1. The number of carbonyl (C=O) groups excluding carboxylic acids is 2. The summed E-state index contributed by atoms with van der Waals surface area (Å²) in [6.45, 7) is 7.14. The van der Waals surface area contributed by atoms with Crippen molar-refractivity contribution in [3.05, 3.63) is 23.8 Å². The molecule has 110 valence electrons. The summed E-state index contributed by atoms with van der Waals surface area (Å²) in [7, 11) is 0. The summed E-state index contributed by atoms with van der Waals surface area (Å²) in [5, 5.41) is 14.7. The molecular formula is C14H21N3O3. The maximum absolute atomic E-state index is 12.0. The van der Waals surface area contributed by atoms with Crippen LogP contribution in [0.25, 0.3) is 0 Å². The summed E-state index contributed by atoms with van der Waals surface area (Å²) in [5.41, 5.74) is 5.68. The van der Waals surface area contributed by atoms with E-state index >= 15 is 0 Å². The number of amides is 2. The van der Waals surface area contributed by atoms with E-state index in [0.29, 0.717) is 0 Å². The number of rotatable bonds is 3. The molecule has 1 rings (SSSR count). The minimum absolute atomic E-state index is 0.0591. The van der Waals surface area contributed by atoms with Crippen molar-refractivity contribution in [1.82, 2.24) is 10.6 Å². The highest BCUT2D eigenvalue weighted by atomic mass is 16.3. The molecular weight excluding hydrogens is 258 g/mol. The molecule has 0 heterocycles. The van der Waals surface area contributed by atoms with Crippen LogP contribution in [-0.4, -0.2) is 28.5 Å². The predicted octanol–water partition coefficient (Wildman–Crippen LogP) is 1.01. The van der Waals surface area contributed by atoms with Crippen molar-refractivity contribution < 1.29 is 14.7 Å². The van der Waals surface area contributed by atoms with Gasteiger partial charge in [-0.2, -0.15) is 0 Å². The number of nitrogen functional groups attached to an aromatic ring is 1. The Kier molecular flexibility index (Phi) is 4.60. The van der Waals surface area contributed by atoms with E-state index in [4.69, 9.17) is 5.73 Å². The lowest BCUT2D eigenvalue weighted by Gasteiger charge is -2.23. The molecule has 0 aliphatic rings. The molecule has 1 atom stereocenters. The van der Waals surface area contributed by atoms with Crippen LogP contribution >= 0.6 is 0 Å². The fourth-order valence-corrected chi connectivity index (χ4v) is 1.56. The van der Waals surface area contributed by atoms with Gasteiger partial charge in [0, 0.05) is 11.2 Å². The molecule has 1 unspecified atom stereocenters. The molecule has 1 aromatic rings. The van der Waals surface area contributed by atoms with E-state index in [0.717, 1.165) is 0 Å². The zero-order valence-electron chi connectivity index (χ0n) is 12.2. The average Bonchev–Trinajstić information content (AvgIpc) is 2.29. The van der Waals surface area contributed by atoms with Gasteiger partial charge in [0.15, 0.2) is 0 Å². The van der Waals surface area contributed by atoms with Gasteiger partial charge in [0.2, 0.25) is 5.91 Å². The third-order valence-electron chi connectivity index (χ3n) is 2.52. The molecule has 6 heteroatoms. The molecule has 5 N–H and O–H groups in total. The van der Waals surface area contributed by atoms with Gasteiger partial charge in [-0.3, -0.25) is 9.59 Å². The summed E-state index contributed by atoms with van der Waals surface area (Å²) in [4.78, 5) is 23.9. The Morgan fingerprint density at radius 1 is 1.30 bits per heavy atom. The lowest BCUT2D eigenvalue weighted by atomic mass is 10.1. The van der Waals surface area contributed by atoms with Crippen LogP contribution in [0.5, 0.6) is 5.75 Å². The van der Waals surface area contributed by atoms with Crippen molar-refractivity contribution >= 4 is 17.5 Å². The zero-order valence-corrected chi connectivity index (χ0v) is 12.2. The third-order valence-corrected chi connectivity index (χ3v) is 2.52. The van der Waals surface area contributed by atoms with Crippen LogP contribution < -0.4 is 16.4 Å². The van der Waals surface area contributed by atoms with Crippen molar-refractivity contribution in [2.45, 2.75) is 39.3 Å². The minimum Gasteiger partial charge on any atom is -0.508 e. The first-order chi connectivity index (χ1) is 9.10. The monoisotopic (exact) mass is 279 g/mol. The highest BCUT2D eigenvalue weighted by molar-refractivity contribution is 6.01. The first kappa shape index (κ1) is 15.8. The summed E-state index contributed by atoms with van der Waals surface area (Å²) in [5.74, 6) is -0.851. The van der Waals surface area contributed by atoms with Crippen LogP contribution in [0.1, 0.15) is 38.1 Å². The first-order valence-electron chi connectivity index (χ1n) is 6.31. The van der Waals surface area contributed by atoms with Gasteiger partial charge in [-0.25, -0.2) is 0 Å². The summed E-state index contributed by atoms with van der Waals surface area (Å²) in [6, 6.07) is 3.38. The van der Waals surface area contributed by atoms with Crippen LogP contribution in [0.4, 0.5) is 5.69 Å². The number of phenolic OH excluding ortho intramolecular Hbond substituents is 1. The van der Waals surface area contributed by atoms with Crippen molar-refractivity contribution in [3.63, 3.8) is 0 Å². The standard InChI is InChI=1S/C14H21N3O3/c1-8(12(19)17-14(2,3)4)16-13(20)10-7-9(18)5-6-11(10)15/h5-8,18H,15H2,1-4H3,(H,16,20)(H,17,19). The molecule has 20 heavy (non-hydrogen) atoms. The van der Waals surface area contributed by atoms with Crippen molar-refractivity contribution in [1.29, 1.82) is 0 Å². The molecule has 6 nitrogen and oxygen atoms in total. The Hall–Kier alpha value is -2.24. The Balaban J connectivity index is 2.75. The number of nitrogens with two attached hydrogens (primary N) is 1. The second-order valence-electron chi connectivity index (χ2n) is 5.71. The fourth-order valence-electron chi connectivity index (χ4n) is 1.56. The maximum Gasteiger partial charge on any atom is 0.254 e. The van der Waals surface area contributed by atoms with E-state index in [2.05, 4.69) is 10.6 Å². The summed E-state index contributed by atoms with van der Waals surface area (Å²) < 4.78 is 0. The molecule has 0 spiro atoms. The van der Waals surface area contributed by atoms with Crippen molar-refractivity contribution in [2.75, 3.05) is 5.73 Å². The van der Waals surface area contributed by atoms with Gasteiger partial charge >= 0.3 is 0 Å². The highest BCUT2D eigenvalue weighted by Gasteiger charge is 2.22. The van der Waals surface area contributed by atoms with Gasteiger partial charge in [0.05, 0.1) is 5.56 Å². The molecule has 0 saturated carbocycles. The van der Waals surface area contributed by atoms with Crippen LogP contribution in [-0.2, 0) is 4.79 Å². The van der Waals surface area contributed by atoms with Crippen molar-refractivity contribution in [3.8, 4) is 5.75 Å². The molecule has 0 aliphatic heterocycles. The van der Waals surface area contributed by atoms with Gasteiger partial charge in [0.25, 0.3) is 5.91 Å². The van der Waals surface area contributed by atoms with Crippen LogP contribution in [0.2, 0.25) is 0 Å². The Morgan fingerprint density at radius 2 is 1.90 bits per heavy atom. The molecule has 0 saturated heterocycles. The number of benzene rings is 1. The fraction of sp³-hybridized carbons (Fsp3) is 0.429. The van der Waals surface area contributed by atoms with Crippen LogP contribution in [0.3, 0.4) is 0 Å². The first-order valence-corrected chi connectivity index (χ1v) is 6.31. The lowest BCUT2D eigenvalue weighted by molar-refractivity contribution is -0.124. The molecule has 1 aromatic carbocycles. The van der Waals surface area contributed by atoms with Gasteiger partial charge in [-0.15, -0.1) is 0 Å². The molecule has 0 radical (unpaired) electrons. The smallest absolute Gasteiger partial charge is 0.254 e. The number of hydrogen-bond donors (Lipinski definition) is 4. The topological polar surface area (TPSA) is 104 Å². The molecule has 0 fully saturated rings. The van der Waals surface area contributed by atoms with Gasteiger partial charge in [-0.05, 0) is 45.9 Å². The summed E-state index contributed by atoms with van der Waals surface area (Å²) in [6.07, 6.45) is 0. The molecule has 0 aromatic heterocycles. The Bertz CT molecular complexity index is 521. The number of phenols is 1. The van der Waals surface area contributed by atoms with Gasteiger partial charge in [-0.1, -0.05) is 0 Å². The average molecular weight is 279 g/mol. The van der Waals surface area contributed by atoms with E-state index in [-0.39, 0.29) is 28.4 Å². The van der Waals surface area contributed by atoms with E-state index in [1.165, 1.54) is 18.2 Å². The number of carbonyl (C=O) groups is 2. The van der Waals surface area contributed by atoms with Crippen LogP contribution in [0, 0.1) is 0 Å². The van der Waals surface area contributed by atoms with E-state index in [9.17, 15) is 14.7 Å². The maximum atomic E-state index is 12.0. The molecule has 0 aliphatic carbocycles.